The number of ether oxygens (including phenoxy) is 1. The first-order chi connectivity index (χ1) is 9.58. The molecular formula is C18H23NO. The van der Waals surface area contributed by atoms with Crippen LogP contribution in [0.2, 0.25) is 0 Å². The number of hydrogen-bond acceptors (Lipinski definition) is 2. The molecule has 2 N–H and O–H groups in total. The lowest BCUT2D eigenvalue weighted by molar-refractivity contribution is 0.0489. The minimum Gasteiger partial charge on any atom is -0.375 e. The molecule has 1 fully saturated rings. The van der Waals surface area contributed by atoms with Crippen LogP contribution >= 0.6 is 0 Å². The van der Waals surface area contributed by atoms with Gasteiger partial charge in [-0.25, -0.2) is 0 Å². The van der Waals surface area contributed by atoms with Crippen molar-refractivity contribution in [2.24, 2.45) is 17.6 Å². The van der Waals surface area contributed by atoms with Crippen LogP contribution in [-0.2, 0) is 4.74 Å². The molecule has 0 aromatic heterocycles. The average Bonchev–Trinajstić information content (AvgIpc) is 2.71. The molecule has 1 aliphatic rings. The predicted octanol–water partition coefficient (Wildman–Crippen LogP) is 3.90. The fourth-order valence-electron chi connectivity index (χ4n) is 3.55. The van der Waals surface area contributed by atoms with Gasteiger partial charge in [-0.2, -0.15) is 0 Å². The summed E-state index contributed by atoms with van der Waals surface area (Å²) in [6.45, 7) is 6.54. The topological polar surface area (TPSA) is 35.2 Å². The van der Waals surface area contributed by atoms with Gasteiger partial charge in [0.25, 0.3) is 0 Å². The highest BCUT2D eigenvalue weighted by atomic mass is 16.5. The molecule has 0 saturated carbocycles. The molecule has 20 heavy (non-hydrogen) atoms. The van der Waals surface area contributed by atoms with E-state index in [1.165, 1.54) is 16.3 Å². The number of fused-ring (bicyclic) bond motifs is 1. The maximum Gasteiger partial charge on any atom is 0.0600 e. The third kappa shape index (κ3) is 2.23. The Labute approximate surface area is 120 Å². The van der Waals surface area contributed by atoms with Crippen LogP contribution in [0.3, 0.4) is 0 Å². The third-order valence-electron chi connectivity index (χ3n) is 4.89. The first-order valence-corrected chi connectivity index (χ1v) is 7.47. The van der Waals surface area contributed by atoms with E-state index in [0.717, 1.165) is 0 Å². The van der Waals surface area contributed by atoms with E-state index >= 15 is 0 Å². The highest BCUT2D eigenvalue weighted by Crippen LogP contribution is 2.39. The van der Waals surface area contributed by atoms with Crippen LogP contribution < -0.4 is 5.73 Å². The molecule has 5 atom stereocenters. The second-order valence-corrected chi connectivity index (χ2v) is 6.12. The Morgan fingerprint density at radius 3 is 2.30 bits per heavy atom. The van der Waals surface area contributed by atoms with Gasteiger partial charge in [0.15, 0.2) is 0 Å². The Morgan fingerprint density at radius 2 is 1.65 bits per heavy atom. The molecule has 2 aromatic rings. The van der Waals surface area contributed by atoms with Gasteiger partial charge in [-0.05, 0) is 42.2 Å². The highest BCUT2D eigenvalue weighted by molar-refractivity contribution is 5.83. The smallest absolute Gasteiger partial charge is 0.0600 e. The van der Waals surface area contributed by atoms with E-state index in [-0.39, 0.29) is 12.1 Å². The summed E-state index contributed by atoms with van der Waals surface area (Å²) >= 11 is 0. The Kier molecular flexibility index (Phi) is 3.53. The second kappa shape index (κ2) is 5.19. The first kappa shape index (κ1) is 13.6. The molecule has 1 saturated heterocycles. The number of hydrogen-bond donors (Lipinski definition) is 1. The Balaban J connectivity index is 1.94. The lowest BCUT2D eigenvalue weighted by Gasteiger charge is -2.26. The normalized spacial score (nSPS) is 31.6. The summed E-state index contributed by atoms with van der Waals surface area (Å²) in [7, 11) is 0. The second-order valence-electron chi connectivity index (χ2n) is 6.12. The third-order valence-corrected chi connectivity index (χ3v) is 4.89. The summed E-state index contributed by atoms with van der Waals surface area (Å²) in [5.41, 5.74) is 7.77. The van der Waals surface area contributed by atoms with Gasteiger partial charge in [-0.15, -0.1) is 0 Å². The van der Waals surface area contributed by atoms with Gasteiger partial charge >= 0.3 is 0 Å². The monoisotopic (exact) mass is 269 g/mol. The quantitative estimate of drug-likeness (QED) is 0.897. The Bertz CT molecular complexity index is 609. The average molecular weight is 269 g/mol. The number of nitrogens with two attached hydrogens (primary N) is 1. The number of rotatable bonds is 2. The SMILES string of the molecule is CC1OC(C)C(C(N)c2ccc3ccccc3c2)C1C. The maximum atomic E-state index is 6.55. The zero-order valence-electron chi connectivity index (χ0n) is 12.4. The molecule has 2 aromatic carbocycles. The van der Waals surface area contributed by atoms with Crippen molar-refractivity contribution in [1.82, 2.24) is 0 Å². The zero-order valence-corrected chi connectivity index (χ0v) is 12.4. The van der Waals surface area contributed by atoms with Crippen molar-refractivity contribution in [1.29, 1.82) is 0 Å². The van der Waals surface area contributed by atoms with E-state index < -0.39 is 0 Å². The van der Waals surface area contributed by atoms with Crippen LogP contribution in [0.15, 0.2) is 42.5 Å². The van der Waals surface area contributed by atoms with Crippen molar-refractivity contribution < 1.29 is 4.74 Å². The van der Waals surface area contributed by atoms with Crippen molar-refractivity contribution in [2.75, 3.05) is 0 Å². The fraction of sp³-hybridized carbons (Fsp3) is 0.444. The Hall–Kier alpha value is -1.38. The maximum absolute atomic E-state index is 6.55. The van der Waals surface area contributed by atoms with Gasteiger partial charge in [0, 0.05) is 12.0 Å². The molecule has 0 bridgehead atoms. The van der Waals surface area contributed by atoms with Crippen LogP contribution in [0.4, 0.5) is 0 Å². The van der Waals surface area contributed by atoms with Crippen molar-refractivity contribution in [2.45, 2.75) is 39.0 Å². The molecule has 2 nitrogen and oxygen atoms in total. The molecule has 5 unspecified atom stereocenters. The summed E-state index contributed by atoms with van der Waals surface area (Å²) in [6, 6.07) is 15.0. The van der Waals surface area contributed by atoms with Crippen molar-refractivity contribution in [3.05, 3.63) is 48.0 Å². The first-order valence-electron chi connectivity index (χ1n) is 7.47. The van der Waals surface area contributed by atoms with Gasteiger partial charge in [0.1, 0.15) is 0 Å². The van der Waals surface area contributed by atoms with Gasteiger partial charge in [0.05, 0.1) is 12.2 Å². The van der Waals surface area contributed by atoms with E-state index in [0.29, 0.717) is 17.9 Å². The van der Waals surface area contributed by atoms with Crippen molar-refractivity contribution in [3.63, 3.8) is 0 Å². The van der Waals surface area contributed by atoms with Crippen LogP contribution in [0.25, 0.3) is 10.8 Å². The summed E-state index contributed by atoms with van der Waals surface area (Å²) in [5, 5.41) is 2.52. The van der Waals surface area contributed by atoms with Gasteiger partial charge < -0.3 is 10.5 Å². The van der Waals surface area contributed by atoms with Gasteiger partial charge in [-0.1, -0.05) is 43.3 Å². The van der Waals surface area contributed by atoms with E-state index in [9.17, 15) is 0 Å². The zero-order chi connectivity index (χ0) is 14.3. The molecule has 0 aliphatic carbocycles. The number of benzene rings is 2. The van der Waals surface area contributed by atoms with Crippen molar-refractivity contribution in [3.8, 4) is 0 Å². The van der Waals surface area contributed by atoms with Crippen LogP contribution in [0, 0.1) is 11.8 Å². The lowest BCUT2D eigenvalue weighted by Crippen LogP contribution is -2.30. The van der Waals surface area contributed by atoms with Crippen LogP contribution in [-0.4, -0.2) is 12.2 Å². The standard InChI is InChI=1S/C18H23NO/c1-11-12(2)20-13(3)17(11)18(19)16-9-8-14-6-4-5-7-15(14)10-16/h4-13,17-18H,19H2,1-3H3. The molecule has 1 heterocycles. The molecule has 0 spiro atoms. The van der Waals surface area contributed by atoms with E-state index in [2.05, 4.69) is 63.2 Å². The summed E-state index contributed by atoms with van der Waals surface area (Å²) in [6.07, 6.45) is 0.517. The molecule has 1 aliphatic heterocycles. The largest absolute Gasteiger partial charge is 0.375 e. The molecular weight excluding hydrogens is 246 g/mol. The predicted molar refractivity (Wildman–Crippen MR) is 83.5 cm³/mol. The van der Waals surface area contributed by atoms with Crippen LogP contribution in [0.1, 0.15) is 32.4 Å². The fourth-order valence-corrected chi connectivity index (χ4v) is 3.55. The molecule has 2 heteroatoms. The van der Waals surface area contributed by atoms with E-state index in [1.807, 2.05) is 0 Å². The van der Waals surface area contributed by atoms with Crippen LogP contribution in [0.5, 0.6) is 0 Å². The molecule has 3 rings (SSSR count). The van der Waals surface area contributed by atoms with E-state index in [1.54, 1.807) is 0 Å². The summed E-state index contributed by atoms with van der Waals surface area (Å²) in [4.78, 5) is 0. The molecule has 106 valence electrons. The van der Waals surface area contributed by atoms with Crippen molar-refractivity contribution >= 4 is 10.8 Å². The Morgan fingerprint density at radius 1 is 0.950 bits per heavy atom. The summed E-state index contributed by atoms with van der Waals surface area (Å²) in [5.74, 6) is 0.873. The minimum absolute atomic E-state index is 0.0366. The minimum atomic E-state index is 0.0366. The highest BCUT2D eigenvalue weighted by Gasteiger charge is 2.40. The molecule has 0 radical (unpaired) electrons. The van der Waals surface area contributed by atoms with Gasteiger partial charge in [0.2, 0.25) is 0 Å². The summed E-state index contributed by atoms with van der Waals surface area (Å²) < 4.78 is 5.94. The molecule has 0 amide bonds. The van der Waals surface area contributed by atoms with Gasteiger partial charge in [-0.3, -0.25) is 0 Å². The van der Waals surface area contributed by atoms with E-state index in [4.69, 9.17) is 10.5 Å². The lowest BCUT2D eigenvalue weighted by atomic mass is 9.80.